The van der Waals surface area contributed by atoms with E-state index in [1.807, 2.05) is 0 Å². The highest BCUT2D eigenvalue weighted by Crippen LogP contribution is 2.21. The van der Waals surface area contributed by atoms with Crippen LogP contribution in [-0.2, 0) is 0 Å². The Morgan fingerprint density at radius 1 is 1.43 bits per heavy atom. The first-order valence-electron chi connectivity index (χ1n) is 4.85. The molecule has 3 heteroatoms. The monoisotopic (exact) mass is 215 g/mol. The predicted octanol–water partition coefficient (Wildman–Crippen LogP) is 3.67. The maximum absolute atomic E-state index is 13.0. The van der Waals surface area contributed by atoms with E-state index in [4.69, 9.17) is 17.3 Å². The molecule has 1 aromatic carbocycles. The van der Waals surface area contributed by atoms with Crippen LogP contribution in [0.3, 0.4) is 0 Å². The topological polar surface area (TPSA) is 26.0 Å². The van der Waals surface area contributed by atoms with Crippen molar-refractivity contribution in [3.8, 4) is 0 Å². The molecular formula is C11H15ClFN. The zero-order valence-electron chi connectivity index (χ0n) is 8.26. The van der Waals surface area contributed by atoms with Crippen LogP contribution >= 0.6 is 11.6 Å². The van der Waals surface area contributed by atoms with E-state index < -0.39 is 0 Å². The molecule has 1 rings (SSSR count). The molecule has 14 heavy (non-hydrogen) atoms. The summed E-state index contributed by atoms with van der Waals surface area (Å²) in [5.74, 6) is -0.320. The first kappa shape index (κ1) is 11.5. The quantitative estimate of drug-likeness (QED) is 0.815. The molecule has 1 nitrogen and oxygen atoms in total. The molecule has 78 valence electrons. The SMILES string of the molecule is CCCC[C@H](N)c1cc(F)cc(Cl)c1. The van der Waals surface area contributed by atoms with Gasteiger partial charge >= 0.3 is 0 Å². The summed E-state index contributed by atoms with van der Waals surface area (Å²) in [6.45, 7) is 2.10. The van der Waals surface area contributed by atoms with Gasteiger partial charge in [0, 0.05) is 11.1 Å². The predicted molar refractivity (Wildman–Crippen MR) is 57.9 cm³/mol. The van der Waals surface area contributed by atoms with E-state index >= 15 is 0 Å². The second kappa shape index (κ2) is 5.32. The van der Waals surface area contributed by atoms with Crippen molar-refractivity contribution in [2.45, 2.75) is 32.2 Å². The molecule has 0 spiro atoms. The van der Waals surface area contributed by atoms with Gasteiger partial charge in [-0.1, -0.05) is 31.4 Å². The highest BCUT2D eigenvalue weighted by molar-refractivity contribution is 6.30. The van der Waals surface area contributed by atoms with Crippen LogP contribution in [0.15, 0.2) is 18.2 Å². The van der Waals surface area contributed by atoms with Crippen molar-refractivity contribution in [1.82, 2.24) is 0 Å². The van der Waals surface area contributed by atoms with Crippen molar-refractivity contribution in [1.29, 1.82) is 0 Å². The fourth-order valence-corrected chi connectivity index (χ4v) is 1.61. The molecule has 0 amide bonds. The maximum Gasteiger partial charge on any atom is 0.125 e. The van der Waals surface area contributed by atoms with Gasteiger partial charge in [-0.2, -0.15) is 0 Å². The largest absolute Gasteiger partial charge is 0.324 e. The summed E-state index contributed by atoms with van der Waals surface area (Å²) in [6, 6.07) is 4.36. The number of hydrogen-bond donors (Lipinski definition) is 1. The summed E-state index contributed by atoms with van der Waals surface area (Å²) in [7, 11) is 0. The summed E-state index contributed by atoms with van der Waals surface area (Å²) >= 11 is 5.73. The van der Waals surface area contributed by atoms with Gasteiger partial charge < -0.3 is 5.73 Å². The van der Waals surface area contributed by atoms with Gasteiger partial charge in [0.15, 0.2) is 0 Å². The Kier molecular flexibility index (Phi) is 4.36. The third kappa shape index (κ3) is 3.28. The van der Waals surface area contributed by atoms with Crippen molar-refractivity contribution in [2.24, 2.45) is 5.73 Å². The lowest BCUT2D eigenvalue weighted by Gasteiger charge is -2.11. The summed E-state index contributed by atoms with van der Waals surface area (Å²) in [5.41, 5.74) is 6.67. The molecule has 0 aliphatic carbocycles. The molecule has 0 saturated carbocycles. The zero-order valence-corrected chi connectivity index (χ0v) is 9.02. The van der Waals surface area contributed by atoms with Gasteiger partial charge in [-0.3, -0.25) is 0 Å². The second-order valence-electron chi connectivity index (χ2n) is 3.45. The van der Waals surface area contributed by atoms with Crippen molar-refractivity contribution >= 4 is 11.6 Å². The molecule has 0 aliphatic rings. The number of halogens is 2. The maximum atomic E-state index is 13.0. The van der Waals surface area contributed by atoms with Crippen LogP contribution in [0.5, 0.6) is 0 Å². The minimum absolute atomic E-state index is 0.108. The molecule has 0 aromatic heterocycles. The fourth-order valence-electron chi connectivity index (χ4n) is 1.38. The van der Waals surface area contributed by atoms with Gasteiger partial charge in [0.05, 0.1) is 0 Å². The van der Waals surface area contributed by atoms with Crippen LogP contribution in [0, 0.1) is 5.82 Å². The normalized spacial score (nSPS) is 12.9. The van der Waals surface area contributed by atoms with E-state index in [1.54, 1.807) is 6.07 Å². The van der Waals surface area contributed by atoms with E-state index in [1.165, 1.54) is 12.1 Å². The Hall–Kier alpha value is -0.600. The van der Waals surface area contributed by atoms with Gasteiger partial charge in [0.1, 0.15) is 5.82 Å². The van der Waals surface area contributed by atoms with Crippen LogP contribution in [0.4, 0.5) is 4.39 Å². The van der Waals surface area contributed by atoms with Crippen LogP contribution < -0.4 is 5.73 Å². The average Bonchev–Trinajstić information content (AvgIpc) is 2.12. The van der Waals surface area contributed by atoms with Crippen LogP contribution in [0.1, 0.15) is 37.8 Å². The van der Waals surface area contributed by atoms with E-state index in [-0.39, 0.29) is 11.9 Å². The minimum Gasteiger partial charge on any atom is -0.324 e. The van der Waals surface area contributed by atoms with Crippen LogP contribution in [0.25, 0.3) is 0 Å². The Labute approximate surface area is 89.1 Å². The lowest BCUT2D eigenvalue weighted by molar-refractivity contribution is 0.588. The molecule has 0 radical (unpaired) electrons. The Balaban J connectivity index is 2.73. The molecule has 0 heterocycles. The van der Waals surface area contributed by atoms with Crippen molar-refractivity contribution < 1.29 is 4.39 Å². The number of rotatable bonds is 4. The molecule has 0 aliphatic heterocycles. The smallest absolute Gasteiger partial charge is 0.125 e. The molecule has 1 aromatic rings. The molecule has 0 saturated heterocycles. The summed E-state index contributed by atoms with van der Waals surface area (Å²) < 4.78 is 13.0. The van der Waals surface area contributed by atoms with Gasteiger partial charge in [0.2, 0.25) is 0 Å². The second-order valence-corrected chi connectivity index (χ2v) is 3.89. The van der Waals surface area contributed by atoms with Gasteiger partial charge in [-0.25, -0.2) is 4.39 Å². The van der Waals surface area contributed by atoms with Crippen LogP contribution in [0.2, 0.25) is 5.02 Å². The average molecular weight is 216 g/mol. The number of hydrogen-bond acceptors (Lipinski definition) is 1. The summed E-state index contributed by atoms with van der Waals surface area (Å²) in [4.78, 5) is 0. The van der Waals surface area contributed by atoms with Gasteiger partial charge in [-0.05, 0) is 30.2 Å². The Bertz CT molecular complexity index is 281. The van der Waals surface area contributed by atoms with E-state index in [0.717, 1.165) is 24.8 Å². The molecule has 0 fully saturated rings. The van der Waals surface area contributed by atoms with E-state index in [2.05, 4.69) is 6.92 Å². The third-order valence-corrected chi connectivity index (χ3v) is 2.40. The highest BCUT2D eigenvalue weighted by atomic mass is 35.5. The van der Waals surface area contributed by atoms with E-state index in [0.29, 0.717) is 5.02 Å². The zero-order chi connectivity index (χ0) is 10.6. The van der Waals surface area contributed by atoms with E-state index in [9.17, 15) is 4.39 Å². The minimum atomic E-state index is -0.320. The Morgan fingerprint density at radius 3 is 2.71 bits per heavy atom. The number of benzene rings is 1. The molecule has 2 N–H and O–H groups in total. The molecular weight excluding hydrogens is 201 g/mol. The first-order chi connectivity index (χ1) is 6.63. The van der Waals surface area contributed by atoms with Crippen molar-refractivity contribution in [3.63, 3.8) is 0 Å². The molecule has 0 unspecified atom stereocenters. The highest BCUT2D eigenvalue weighted by Gasteiger charge is 2.07. The first-order valence-corrected chi connectivity index (χ1v) is 5.23. The lowest BCUT2D eigenvalue weighted by Crippen LogP contribution is -2.10. The standard InChI is InChI=1S/C11H15ClFN/c1-2-3-4-11(14)8-5-9(12)7-10(13)6-8/h5-7,11H,2-4,14H2,1H3/t11-/m0/s1. The molecule has 1 atom stereocenters. The van der Waals surface area contributed by atoms with Crippen molar-refractivity contribution in [2.75, 3.05) is 0 Å². The number of unbranched alkanes of at least 4 members (excludes halogenated alkanes) is 1. The number of nitrogens with two attached hydrogens (primary N) is 1. The summed E-state index contributed by atoms with van der Waals surface area (Å²) in [6.07, 6.45) is 3.02. The van der Waals surface area contributed by atoms with Crippen molar-refractivity contribution in [3.05, 3.63) is 34.6 Å². The lowest BCUT2D eigenvalue weighted by atomic mass is 10.0. The van der Waals surface area contributed by atoms with Gasteiger partial charge in [-0.15, -0.1) is 0 Å². The molecule has 0 bridgehead atoms. The third-order valence-electron chi connectivity index (χ3n) is 2.18. The van der Waals surface area contributed by atoms with Crippen LogP contribution in [-0.4, -0.2) is 0 Å². The van der Waals surface area contributed by atoms with Gasteiger partial charge in [0.25, 0.3) is 0 Å². The summed E-state index contributed by atoms with van der Waals surface area (Å²) in [5, 5.41) is 0.409. The fraction of sp³-hybridized carbons (Fsp3) is 0.455. The Morgan fingerprint density at radius 2 is 2.14 bits per heavy atom.